The van der Waals surface area contributed by atoms with Gasteiger partial charge in [0, 0.05) is 32.1 Å². The highest BCUT2D eigenvalue weighted by Crippen LogP contribution is 2.29. The van der Waals surface area contributed by atoms with Crippen molar-refractivity contribution in [3.05, 3.63) is 11.5 Å². The van der Waals surface area contributed by atoms with Crippen LogP contribution < -0.4 is 4.90 Å². The Morgan fingerprint density at radius 3 is 3.15 bits per heavy atom. The highest BCUT2D eigenvalue weighted by Gasteiger charge is 2.36. The van der Waals surface area contributed by atoms with Crippen molar-refractivity contribution in [2.45, 2.75) is 18.9 Å². The molecule has 1 unspecified atom stereocenters. The molecule has 7 nitrogen and oxygen atoms in total. The van der Waals surface area contributed by atoms with Crippen molar-refractivity contribution in [3.8, 4) is 0 Å². The van der Waals surface area contributed by atoms with E-state index in [-0.39, 0.29) is 17.2 Å². The third-order valence-electron chi connectivity index (χ3n) is 4.06. The predicted octanol–water partition coefficient (Wildman–Crippen LogP) is 0.817. The van der Waals surface area contributed by atoms with Crippen LogP contribution >= 0.6 is 11.6 Å². The summed E-state index contributed by atoms with van der Waals surface area (Å²) in [6, 6.07) is 0.284. The van der Waals surface area contributed by atoms with Crippen LogP contribution in [0.25, 0.3) is 11.0 Å². The first-order valence-electron chi connectivity index (χ1n) is 6.63. The van der Waals surface area contributed by atoms with Crippen molar-refractivity contribution in [2.24, 2.45) is 0 Å². The molecule has 4 heterocycles. The van der Waals surface area contributed by atoms with E-state index in [9.17, 15) is 4.79 Å². The van der Waals surface area contributed by atoms with E-state index in [1.165, 1.54) is 0 Å². The third kappa shape index (κ3) is 1.73. The van der Waals surface area contributed by atoms with E-state index in [1.54, 1.807) is 6.20 Å². The zero-order chi connectivity index (χ0) is 13.7. The molecule has 2 fully saturated rings. The van der Waals surface area contributed by atoms with Gasteiger partial charge in [-0.3, -0.25) is 9.89 Å². The molecular weight excluding hydrogens is 280 g/mol. The number of halogens is 1. The summed E-state index contributed by atoms with van der Waals surface area (Å²) in [5.74, 6) is 1.07. The van der Waals surface area contributed by atoms with Gasteiger partial charge in [0.25, 0.3) is 0 Å². The maximum atomic E-state index is 11.7. The molecule has 2 aliphatic rings. The predicted molar refractivity (Wildman–Crippen MR) is 73.6 cm³/mol. The molecule has 20 heavy (non-hydrogen) atoms. The molecule has 1 N–H and O–H groups in total. The first-order valence-corrected chi connectivity index (χ1v) is 7.01. The number of nitrogens with one attached hydrogen (secondary N) is 1. The van der Waals surface area contributed by atoms with Crippen LogP contribution in [0.15, 0.2) is 6.20 Å². The molecule has 2 aliphatic heterocycles. The van der Waals surface area contributed by atoms with Gasteiger partial charge in [0.05, 0.1) is 11.6 Å². The maximum absolute atomic E-state index is 11.7. The van der Waals surface area contributed by atoms with Crippen molar-refractivity contribution in [3.63, 3.8) is 0 Å². The fraction of sp³-hybridized carbons (Fsp3) is 0.500. The fourth-order valence-corrected chi connectivity index (χ4v) is 3.26. The van der Waals surface area contributed by atoms with Gasteiger partial charge in [-0.1, -0.05) is 0 Å². The van der Waals surface area contributed by atoms with E-state index in [0.29, 0.717) is 12.1 Å². The van der Waals surface area contributed by atoms with E-state index < -0.39 is 0 Å². The molecular formula is C12H13ClN6O. The van der Waals surface area contributed by atoms with Gasteiger partial charge in [-0.05, 0) is 18.0 Å². The van der Waals surface area contributed by atoms with Gasteiger partial charge in [-0.25, -0.2) is 0 Å². The Labute approximate surface area is 119 Å². The molecule has 4 rings (SSSR count). The largest absolute Gasteiger partial charge is 0.352 e. The van der Waals surface area contributed by atoms with Crippen molar-refractivity contribution < 1.29 is 4.79 Å². The molecule has 0 radical (unpaired) electrons. The standard InChI is InChI=1S/C12H13ClN6O/c13-12-15-10-8(5-14-17-10)11(16-12)18-3-4-19-7(6-18)1-2-9(19)20/h5,7H,1-4,6H2,(H,14,15,16,17). The van der Waals surface area contributed by atoms with Crippen LogP contribution in [-0.4, -0.2) is 56.6 Å². The minimum absolute atomic E-state index is 0.210. The Kier molecular flexibility index (Phi) is 2.56. The van der Waals surface area contributed by atoms with Crippen LogP contribution in [0.4, 0.5) is 5.82 Å². The molecule has 2 aromatic heterocycles. The number of carbonyl (C=O) groups is 1. The smallest absolute Gasteiger partial charge is 0.226 e. The lowest BCUT2D eigenvalue weighted by molar-refractivity contribution is -0.129. The highest BCUT2D eigenvalue weighted by molar-refractivity contribution is 6.28. The first-order chi connectivity index (χ1) is 9.72. The average molecular weight is 293 g/mol. The zero-order valence-corrected chi connectivity index (χ0v) is 11.5. The van der Waals surface area contributed by atoms with E-state index in [0.717, 1.165) is 37.3 Å². The number of aromatic nitrogens is 4. The lowest BCUT2D eigenvalue weighted by atomic mass is 10.1. The van der Waals surface area contributed by atoms with Crippen molar-refractivity contribution in [1.82, 2.24) is 25.1 Å². The minimum Gasteiger partial charge on any atom is -0.352 e. The van der Waals surface area contributed by atoms with E-state index in [2.05, 4.69) is 25.1 Å². The third-order valence-corrected chi connectivity index (χ3v) is 4.23. The number of rotatable bonds is 1. The second kappa shape index (κ2) is 4.31. The Bertz CT molecular complexity index is 686. The number of aromatic amines is 1. The quantitative estimate of drug-likeness (QED) is 0.787. The summed E-state index contributed by atoms with van der Waals surface area (Å²) >= 11 is 5.97. The molecule has 0 bridgehead atoms. The van der Waals surface area contributed by atoms with Crippen LogP contribution in [0, 0.1) is 0 Å². The number of carbonyl (C=O) groups excluding carboxylic acids is 1. The Morgan fingerprint density at radius 2 is 2.25 bits per heavy atom. The van der Waals surface area contributed by atoms with Gasteiger partial charge in [0.1, 0.15) is 5.82 Å². The highest BCUT2D eigenvalue weighted by atomic mass is 35.5. The number of amides is 1. The lowest BCUT2D eigenvalue weighted by Crippen LogP contribution is -2.51. The van der Waals surface area contributed by atoms with Crippen LogP contribution in [0.1, 0.15) is 12.8 Å². The number of hydrogen-bond acceptors (Lipinski definition) is 5. The first kappa shape index (κ1) is 11.9. The van der Waals surface area contributed by atoms with Gasteiger partial charge in [-0.2, -0.15) is 15.1 Å². The molecule has 0 spiro atoms. The van der Waals surface area contributed by atoms with Gasteiger partial charge >= 0.3 is 0 Å². The van der Waals surface area contributed by atoms with Gasteiger partial charge in [0.15, 0.2) is 5.65 Å². The molecule has 0 aliphatic carbocycles. The summed E-state index contributed by atoms with van der Waals surface area (Å²) in [6.07, 6.45) is 3.29. The summed E-state index contributed by atoms with van der Waals surface area (Å²) in [6.45, 7) is 2.29. The molecule has 1 atom stereocenters. The summed E-state index contributed by atoms with van der Waals surface area (Å²) in [4.78, 5) is 24.3. The Morgan fingerprint density at radius 1 is 1.35 bits per heavy atom. The fourth-order valence-electron chi connectivity index (χ4n) is 3.09. The monoisotopic (exact) mass is 292 g/mol. The van der Waals surface area contributed by atoms with Gasteiger partial charge < -0.3 is 9.80 Å². The molecule has 2 saturated heterocycles. The van der Waals surface area contributed by atoms with Crippen LogP contribution in [0.2, 0.25) is 5.28 Å². The van der Waals surface area contributed by atoms with Crippen LogP contribution in [0.3, 0.4) is 0 Å². The second-order valence-electron chi connectivity index (χ2n) is 5.17. The van der Waals surface area contributed by atoms with Crippen molar-refractivity contribution in [2.75, 3.05) is 24.5 Å². The van der Waals surface area contributed by atoms with Gasteiger partial charge in [0.2, 0.25) is 11.2 Å². The van der Waals surface area contributed by atoms with Crippen LogP contribution in [0.5, 0.6) is 0 Å². The molecule has 0 aromatic carbocycles. The number of piperazine rings is 1. The number of hydrogen-bond donors (Lipinski definition) is 1. The molecule has 104 valence electrons. The van der Waals surface area contributed by atoms with Crippen molar-refractivity contribution >= 4 is 34.4 Å². The molecule has 8 heteroatoms. The zero-order valence-electron chi connectivity index (χ0n) is 10.7. The van der Waals surface area contributed by atoms with Crippen molar-refractivity contribution in [1.29, 1.82) is 0 Å². The SMILES string of the molecule is O=C1CCC2CN(c3nc(Cl)nc4[nH]ncc34)CCN12. The summed E-state index contributed by atoms with van der Waals surface area (Å²) < 4.78 is 0. The average Bonchev–Trinajstić information content (AvgIpc) is 3.04. The number of nitrogens with zero attached hydrogens (tertiary/aromatic N) is 5. The summed E-state index contributed by atoms with van der Waals surface area (Å²) in [5, 5.41) is 7.89. The maximum Gasteiger partial charge on any atom is 0.226 e. The topological polar surface area (TPSA) is 78.0 Å². The normalized spacial score (nSPS) is 22.6. The Balaban J connectivity index is 1.70. The summed E-state index contributed by atoms with van der Waals surface area (Å²) in [5.41, 5.74) is 0.643. The molecule has 2 aromatic rings. The Hall–Kier alpha value is -1.89. The second-order valence-corrected chi connectivity index (χ2v) is 5.51. The van der Waals surface area contributed by atoms with Gasteiger partial charge in [-0.15, -0.1) is 0 Å². The molecule has 0 saturated carbocycles. The van der Waals surface area contributed by atoms with E-state index in [1.807, 2.05) is 4.90 Å². The number of H-pyrrole nitrogens is 1. The van der Waals surface area contributed by atoms with E-state index >= 15 is 0 Å². The minimum atomic E-state index is 0.210. The number of anilines is 1. The molecule has 1 amide bonds. The number of fused-ring (bicyclic) bond motifs is 2. The van der Waals surface area contributed by atoms with E-state index in [4.69, 9.17) is 11.6 Å². The summed E-state index contributed by atoms with van der Waals surface area (Å²) in [7, 11) is 0. The lowest BCUT2D eigenvalue weighted by Gasteiger charge is -2.38. The van der Waals surface area contributed by atoms with Crippen LogP contribution in [-0.2, 0) is 4.79 Å².